The van der Waals surface area contributed by atoms with Gasteiger partial charge < -0.3 is 15.0 Å². The average molecular weight is 392 g/mol. The van der Waals surface area contributed by atoms with Crippen LogP contribution in [0.3, 0.4) is 0 Å². The third-order valence-corrected chi connectivity index (χ3v) is 5.37. The van der Waals surface area contributed by atoms with Crippen molar-refractivity contribution in [3.8, 4) is 16.3 Å². The number of ether oxygens (including phenoxy) is 1. The number of methoxy groups -OCH3 is 1. The molecule has 0 bridgehead atoms. The molecule has 0 fully saturated rings. The summed E-state index contributed by atoms with van der Waals surface area (Å²) < 4.78 is 5.18. The van der Waals surface area contributed by atoms with Gasteiger partial charge in [0.1, 0.15) is 16.6 Å². The molecule has 0 aliphatic carbocycles. The first-order valence-electron chi connectivity index (χ1n) is 8.95. The number of H-pyrrole nitrogens is 1. The van der Waals surface area contributed by atoms with Gasteiger partial charge in [0, 0.05) is 10.9 Å². The second kappa shape index (κ2) is 7.82. The number of thiazole rings is 1. The van der Waals surface area contributed by atoms with Crippen LogP contribution in [0, 0.1) is 0 Å². The largest absolute Gasteiger partial charge is 0.497 e. The number of imidazole rings is 1. The number of para-hydroxylation sites is 2. The standard InChI is InChI=1S/C21H20N4O2S/c1-13(20-24-17-5-3-4-6-18(17)25-20)22-19(26)11-15-12-28-21(23-15)14-7-9-16(27-2)10-8-14/h3-10,12-13H,11H2,1-2H3,(H,22,26)(H,24,25)/t13-/m0/s1. The Morgan fingerprint density at radius 3 is 2.71 bits per heavy atom. The molecule has 142 valence electrons. The molecular weight excluding hydrogens is 372 g/mol. The summed E-state index contributed by atoms with van der Waals surface area (Å²) in [5.41, 5.74) is 3.61. The highest BCUT2D eigenvalue weighted by Crippen LogP contribution is 2.26. The molecule has 0 aliphatic rings. The Labute approximate surface area is 166 Å². The number of rotatable bonds is 6. The van der Waals surface area contributed by atoms with Crippen LogP contribution >= 0.6 is 11.3 Å². The van der Waals surface area contributed by atoms with E-state index < -0.39 is 0 Å². The third-order valence-electron chi connectivity index (χ3n) is 4.43. The summed E-state index contributed by atoms with van der Waals surface area (Å²) >= 11 is 1.53. The van der Waals surface area contributed by atoms with E-state index in [1.165, 1.54) is 11.3 Å². The fourth-order valence-electron chi connectivity index (χ4n) is 2.96. The first-order chi connectivity index (χ1) is 13.6. The van der Waals surface area contributed by atoms with Gasteiger partial charge in [0.15, 0.2) is 0 Å². The van der Waals surface area contributed by atoms with E-state index in [4.69, 9.17) is 4.74 Å². The van der Waals surface area contributed by atoms with Gasteiger partial charge in [-0.3, -0.25) is 4.79 Å². The number of hydrogen-bond acceptors (Lipinski definition) is 5. The summed E-state index contributed by atoms with van der Waals surface area (Å²) in [7, 11) is 1.64. The molecule has 1 amide bonds. The Morgan fingerprint density at radius 2 is 1.96 bits per heavy atom. The zero-order valence-electron chi connectivity index (χ0n) is 15.6. The molecule has 4 aromatic rings. The van der Waals surface area contributed by atoms with Crippen LogP contribution in [-0.2, 0) is 11.2 Å². The van der Waals surface area contributed by atoms with Crippen LogP contribution in [-0.4, -0.2) is 28.0 Å². The normalized spacial score (nSPS) is 12.1. The number of aromatic nitrogens is 3. The predicted octanol–water partition coefficient (Wildman–Crippen LogP) is 4.11. The van der Waals surface area contributed by atoms with Crippen molar-refractivity contribution < 1.29 is 9.53 Å². The second-order valence-electron chi connectivity index (χ2n) is 6.48. The molecule has 2 aromatic heterocycles. The molecule has 0 unspecified atom stereocenters. The van der Waals surface area contributed by atoms with E-state index in [0.717, 1.165) is 38.9 Å². The maximum Gasteiger partial charge on any atom is 0.226 e. The Bertz CT molecular complexity index is 1070. The first kappa shape index (κ1) is 18.2. The van der Waals surface area contributed by atoms with Gasteiger partial charge in [-0.2, -0.15) is 0 Å². The van der Waals surface area contributed by atoms with E-state index in [2.05, 4.69) is 20.3 Å². The monoisotopic (exact) mass is 392 g/mol. The van der Waals surface area contributed by atoms with E-state index in [-0.39, 0.29) is 18.4 Å². The van der Waals surface area contributed by atoms with Gasteiger partial charge in [-0.1, -0.05) is 12.1 Å². The van der Waals surface area contributed by atoms with Crippen molar-refractivity contribution in [1.29, 1.82) is 0 Å². The van der Waals surface area contributed by atoms with Gasteiger partial charge in [0.05, 0.1) is 36.3 Å². The lowest BCUT2D eigenvalue weighted by Gasteiger charge is -2.10. The summed E-state index contributed by atoms with van der Waals surface area (Å²) in [5.74, 6) is 1.46. The average Bonchev–Trinajstić information content (AvgIpc) is 3.35. The molecule has 0 spiro atoms. The number of carbonyl (C=O) groups excluding carboxylic acids is 1. The lowest BCUT2D eigenvalue weighted by atomic mass is 10.2. The second-order valence-corrected chi connectivity index (χ2v) is 7.34. The first-order valence-corrected chi connectivity index (χ1v) is 9.83. The zero-order chi connectivity index (χ0) is 19.5. The number of amides is 1. The number of carbonyl (C=O) groups is 1. The van der Waals surface area contributed by atoms with E-state index in [0.29, 0.717) is 0 Å². The molecule has 7 heteroatoms. The number of aromatic amines is 1. The van der Waals surface area contributed by atoms with Crippen molar-refractivity contribution in [2.24, 2.45) is 0 Å². The van der Waals surface area contributed by atoms with Crippen LogP contribution in [0.15, 0.2) is 53.9 Å². The van der Waals surface area contributed by atoms with Crippen molar-refractivity contribution in [3.05, 3.63) is 65.4 Å². The summed E-state index contributed by atoms with van der Waals surface area (Å²) in [6.07, 6.45) is 0.233. The number of hydrogen-bond donors (Lipinski definition) is 2. The lowest BCUT2D eigenvalue weighted by molar-refractivity contribution is -0.121. The maximum atomic E-state index is 12.4. The van der Waals surface area contributed by atoms with Gasteiger partial charge in [-0.05, 0) is 43.3 Å². The lowest BCUT2D eigenvalue weighted by Crippen LogP contribution is -2.28. The van der Waals surface area contributed by atoms with E-state index in [1.807, 2.05) is 60.8 Å². The van der Waals surface area contributed by atoms with Crippen LogP contribution in [0.25, 0.3) is 21.6 Å². The summed E-state index contributed by atoms with van der Waals surface area (Å²) in [5, 5.41) is 5.79. The molecule has 2 N–H and O–H groups in total. The number of nitrogens with zero attached hydrogens (tertiary/aromatic N) is 2. The summed E-state index contributed by atoms with van der Waals surface area (Å²) in [6.45, 7) is 1.92. The Morgan fingerprint density at radius 1 is 1.18 bits per heavy atom. The molecule has 4 rings (SSSR count). The number of benzene rings is 2. The fraction of sp³-hybridized carbons (Fsp3) is 0.190. The molecule has 0 radical (unpaired) electrons. The molecule has 2 aromatic carbocycles. The quantitative estimate of drug-likeness (QED) is 0.517. The van der Waals surface area contributed by atoms with Crippen LogP contribution < -0.4 is 10.1 Å². The minimum Gasteiger partial charge on any atom is -0.497 e. The van der Waals surface area contributed by atoms with E-state index >= 15 is 0 Å². The minimum atomic E-state index is -0.209. The predicted molar refractivity (Wildman–Crippen MR) is 110 cm³/mol. The van der Waals surface area contributed by atoms with E-state index in [1.54, 1.807) is 7.11 Å². The minimum absolute atomic E-state index is 0.0838. The third kappa shape index (κ3) is 3.89. The SMILES string of the molecule is COc1ccc(-c2nc(CC(=O)N[C@@H](C)c3nc4ccccc4[nH]3)cs2)cc1. The van der Waals surface area contributed by atoms with Crippen LogP contribution in [0.2, 0.25) is 0 Å². The van der Waals surface area contributed by atoms with Crippen LogP contribution in [0.1, 0.15) is 24.5 Å². The topological polar surface area (TPSA) is 79.9 Å². The Hall–Kier alpha value is -3.19. The molecule has 1 atom stereocenters. The van der Waals surface area contributed by atoms with Crippen molar-refractivity contribution in [1.82, 2.24) is 20.3 Å². The number of fused-ring (bicyclic) bond motifs is 1. The van der Waals surface area contributed by atoms with Gasteiger partial charge >= 0.3 is 0 Å². The smallest absolute Gasteiger partial charge is 0.226 e. The van der Waals surface area contributed by atoms with Crippen molar-refractivity contribution >= 4 is 28.3 Å². The summed E-state index contributed by atoms with van der Waals surface area (Å²) in [6, 6.07) is 15.3. The molecule has 0 saturated carbocycles. The molecule has 2 heterocycles. The maximum absolute atomic E-state index is 12.4. The van der Waals surface area contributed by atoms with Gasteiger partial charge in [0.25, 0.3) is 0 Å². The van der Waals surface area contributed by atoms with Crippen molar-refractivity contribution in [3.63, 3.8) is 0 Å². The highest BCUT2D eigenvalue weighted by atomic mass is 32.1. The molecule has 0 aliphatic heterocycles. The van der Waals surface area contributed by atoms with Gasteiger partial charge in [0.2, 0.25) is 5.91 Å². The summed E-state index contributed by atoms with van der Waals surface area (Å²) in [4.78, 5) is 24.8. The van der Waals surface area contributed by atoms with Crippen LogP contribution in [0.5, 0.6) is 5.75 Å². The Kier molecular flexibility index (Phi) is 5.08. The molecule has 0 saturated heterocycles. The Balaban J connectivity index is 1.40. The molecule has 28 heavy (non-hydrogen) atoms. The van der Waals surface area contributed by atoms with Crippen LogP contribution in [0.4, 0.5) is 0 Å². The van der Waals surface area contributed by atoms with Crippen molar-refractivity contribution in [2.45, 2.75) is 19.4 Å². The van der Waals surface area contributed by atoms with Gasteiger partial charge in [-0.25, -0.2) is 9.97 Å². The molecular formula is C21H20N4O2S. The number of nitrogens with one attached hydrogen (secondary N) is 2. The highest BCUT2D eigenvalue weighted by molar-refractivity contribution is 7.13. The van der Waals surface area contributed by atoms with Gasteiger partial charge in [-0.15, -0.1) is 11.3 Å². The highest BCUT2D eigenvalue weighted by Gasteiger charge is 2.15. The van der Waals surface area contributed by atoms with Crippen molar-refractivity contribution in [2.75, 3.05) is 7.11 Å². The fourth-order valence-corrected chi connectivity index (χ4v) is 3.78. The zero-order valence-corrected chi connectivity index (χ0v) is 16.4. The van der Waals surface area contributed by atoms with E-state index in [9.17, 15) is 4.79 Å². The molecule has 6 nitrogen and oxygen atoms in total.